The maximum absolute atomic E-state index is 10.8. The highest BCUT2D eigenvalue weighted by Gasteiger charge is 2.29. The van der Waals surface area contributed by atoms with E-state index in [9.17, 15) is 9.90 Å². The molecule has 0 aromatic heterocycles. The van der Waals surface area contributed by atoms with E-state index in [-0.39, 0.29) is 11.2 Å². The third-order valence-corrected chi connectivity index (χ3v) is 2.02. The summed E-state index contributed by atoms with van der Waals surface area (Å²) < 4.78 is 0. The highest BCUT2D eigenvalue weighted by molar-refractivity contribution is 5.80. The first-order chi connectivity index (χ1) is 4.91. The Hall–Kier alpha value is -0.370. The molecule has 0 unspecified atom stereocenters. The molecule has 0 rings (SSSR count). The average molecular weight is 158 g/mol. The SMILES string of the molecule is CCCC(C)(C)[C@@H](O)C(C)=O. The summed E-state index contributed by atoms with van der Waals surface area (Å²) in [5.41, 5.74) is -0.263. The van der Waals surface area contributed by atoms with E-state index in [1.54, 1.807) is 0 Å². The monoisotopic (exact) mass is 158 g/mol. The average Bonchev–Trinajstić information content (AvgIpc) is 1.86. The number of hydrogen-bond acceptors (Lipinski definition) is 2. The van der Waals surface area contributed by atoms with Gasteiger partial charge in [-0.25, -0.2) is 0 Å². The van der Waals surface area contributed by atoms with Crippen molar-refractivity contribution >= 4 is 5.78 Å². The van der Waals surface area contributed by atoms with Crippen LogP contribution < -0.4 is 0 Å². The number of ketones is 1. The van der Waals surface area contributed by atoms with Gasteiger partial charge in [-0.15, -0.1) is 0 Å². The summed E-state index contributed by atoms with van der Waals surface area (Å²) in [6, 6.07) is 0. The van der Waals surface area contributed by atoms with E-state index in [0.29, 0.717) is 0 Å². The van der Waals surface area contributed by atoms with Crippen LogP contribution in [0.5, 0.6) is 0 Å². The molecule has 0 aromatic carbocycles. The summed E-state index contributed by atoms with van der Waals surface area (Å²) in [5, 5.41) is 9.44. The van der Waals surface area contributed by atoms with Gasteiger partial charge in [0, 0.05) is 0 Å². The molecule has 0 amide bonds. The summed E-state index contributed by atoms with van der Waals surface area (Å²) in [6.45, 7) is 7.32. The Morgan fingerprint density at radius 3 is 2.27 bits per heavy atom. The smallest absolute Gasteiger partial charge is 0.158 e. The van der Waals surface area contributed by atoms with Gasteiger partial charge in [0.15, 0.2) is 5.78 Å². The number of hydrogen-bond donors (Lipinski definition) is 1. The van der Waals surface area contributed by atoms with Crippen LogP contribution in [-0.2, 0) is 4.79 Å². The third-order valence-electron chi connectivity index (χ3n) is 2.02. The van der Waals surface area contributed by atoms with Crippen LogP contribution in [-0.4, -0.2) is 17.0 Å². The molecule has 0 radical (unpaired) electrons. The van der Waals surface area contributed by atoms with E-state index < -0.39 is 6.10 Å². The molecule has 0 bridgehead atoms. The van der Waals surface area contributed by atoms with Gasteiger partial charge in [0.2, 0.25) is 0 Å². The van der Waals surface area contributed by atoms with Crippen molar-refractivity contribution in [2.75, 3.05) is 0 Å². The Kier molecular flexibility index (Phi) is 3.73. The lowest BCUT2D eigenvalue weighted by molar-refractivity contribution is -0.130. The molecule has 0 spiro atoms. The summed E-state index contributed by atoms with van der Waals surface area (Å²) in [7, 11) is 0. The van der Waals surface area contributed by atoms with Gasteiger partial charge >= 0.3 is 0 Å². The van der Waals surface area contributed by atoms with Crippen LogP contribution in [0.25, 0.3) is 0 Å². The van der Waals surface area contributed by atoms with Crippen LogP contribution >= 0.6 is 0 Å². The molecule has 2 heteroatoms. The first-order valence-electron chi connectivity index (χ1n) is 4.10. The van der Waals surface area contributed by atoms with Gasteiger partial charge in [-0.3, -0.25) is 4.79 Å². The van der Waals surface area contributed by atoms with Gasteiger partial charge in [-0.2, -0.15) is 0 Å². The molecule has 11 heavy (non-hydrogen) atoms. The first-order valence-corrected chi connectivity index (χ1v) is 4.10. The van der Waals surface area contributed by atoms with E-state index >= 15 is 0 Å². The second-order valence-electron chi connectivity index (χ2n) is 3.75. The molecular formula is C9H18O2. The van der Waals surface area contributed by atoms with E-state index in [2.05, 4.69) is 6.92 Å². The number of carbonyl (C=O) groups is 1. The predicted molar refractivity (Wildman–Crippen MR) is 45.4 cm³/mol. The van der Waals surface area contributed by atoms with Gasteiger partial charge in [0.05, 0.1) is 0 Å². The molecule has 1 atom stereocenters. The quantitative estimate of drug-likeness (QED) is 0.677. The highest BCUT2D eigenvalue weighted by Crippen LogP contribution is 2.27. The van der Waals surface area contributed by atoms with Gasteiger partial charge < -0.3 is 5.11 Å². The molecule has 0 aromatic rings. The molecule has 0 saturated heterocycles. The minimum Gasteiger partial charge on any atom is -0.385 e. The molecule has 0 heterocycles. The first kappa shape index (κ1) is 10.6. The van der Waals surface area contributed by atoms with Gasteiger partial charge in [-0.1, -0.05) is 27.2 Å². The lowest BCUT2D eigenvalue weighted by atomic mass is 9.81. The topological polar surface area (TPSA) is 37.3 Å². The van der Waals surface area contributed by atoms with Crippen LogP contribution in [0.3, 0.4) is 0 Å². The van der Waals surface area contributed by atoms with Gasteiger partial charge in [0.1, 0.15) is 6.10 Å². The Morgan fingerprint density at radius 1 is 1.55 bits per heavy atom. The second kappa shape index (κ2) is 3.86. The van der Waals surface area contributed by atoms with Crippen molar-refractivity contribution in [2.24, 2.45) is 5.41 Å². The van der Waals surface area contributed by atoms with Crippen molar-refractivity contribution in [2.45, 2.75) is 46.6 Å². The van der Waals surface area contributed by atoms with E-state index in [1.165, 1.54) is 6.92 Å². The Balaban J connectivity index is 4.16. The van der Waals surface area contributed by atoms with E-state index in [4.69, 9.17) is 0 Å². The maximum atomic E-state index is 10.8. The normalized spacial score (nSPS) is 14.6. The largest absolute Gasteiger partial charge is 0.385 e. The summed E-state index contributed by atoms with van der Waals surface area (Å²) in [6.07, 6.45) is 1.08. The van der Waals surface area contributed by atoms with Crippen molar-refractivity contribution in [1.29, 1.82) is 0 Å². The number of carbonyl (C=O) groups excluding carboxylic acids is 1. The van der Waals surface area contributed by atoms with Crippen molar-refractivity contribution in [3.8, 4) is 0 Å². The number of Topliss-reactive ketones (excluding diaryl/α,β-unsaturated/α-hetero) is 1. The molecule has 0 aliphatic carbocycles. The Morgan fingerprint density at radius 2 is 2.00 bits per heavy atom. The van der Waals surface area contributed by atoms with Crippen LogP contribution in [0.4, 0.5) is 0 Å². The van der Waals surface area contributed by atoms with Crippen LogP contribution in [0, 0.1) is 5.41 Å². The van der Waals surface area contributed by atoms with Crippen LogP contribution in [0.15, 0.2) is 0 Å². The van der Waals surface area contributed by atoms with Crippen molar-refractivity contribution in [3.05, 3.63) is 0 Å². The summed E-state index contributed by atoms with van der Waals surface area (Å²) >= 11 is 0. The standard InChI is InChI=1S/C9H18O2/c1-5-6-9(3,4)8(11)7(2)10/h8,11H,5-6H2,1-4H3/t8-/m0/s1. The molecule has 0 fully saturated rings. The number of rotatable bonds is 4. The second-order valence-corrected chi connectivity index (χ2v) is 3.75. The number of aliphatic hydroxyl groups excluding tert-OH is 1. The fourth-order valence-corrected chi connectivity index (χ4v) is 1.33. The zero-order chi connectivity index (χ0) is 9.07. The molecular weight excluding hydrogens is 140 g/mol. The summed E-state index contributed by atoms with van der Waals surface area (Å²) in [4.78, 5) is 10.8. The zero-order valence-electron chi connectivity index (χ0n) is 7.85. The van der Waals surface area contributed by atoms with Gasteiger partial charge in [-0.05, 0) is 18.8 Å². The molecule has 0 saturated carbocycles. The van der Waals surface area contributed by atoms with Crippen LogP contribution in [0.1, 0.15) is 40.5 Å². The molecule has 0 aliphatic heterocycles. The third kappa shape index (κ3) is 3.02. The number of aliphatic hydroxyl groups is 1. The zero-order valence-corrected chi connectivity index (χ0v) is 7.85. The fourth-order valence-electron chi connectivity index (χ4n) is 1.33. The molecule has 66 valence electrons. The van der Waals surface area contributed by atoms with E-state index in [0.717, 1.165) is 12.8 Å². The molecule has 2 nitrogen and oxygen atoms in total. The van der Waals surface area contributed by atoms with Crippen molar-refractivity contribution < 1.29 is 9.90 Å². The lowest BCUT2D eigenvalue weighted by Crippen LogP contribution is -2.34. The summed E-state index contributed by atoms with van der Waals surface area (Å²) in [5.74, 6) is -0.136. The van der Waals surface area contributed by atoms with Crippen molar-refractivity contribution in [1.82, 2.24) is 0 Å². The lowest BCUT2D eigenvalue weighted by Gasteiger charge is -2.28. The highest BCUT2D eigenvalue weighted by atomic mass is 16.3. The van der Waals surface area contributed by atoms with Crippen LogP contribution in [0.2, 0.25) is 0 Å². The predicted octanol–water partition coefficient (Wildman–Crippen LogP) is 1.76. The minimum atomic E-state index is -0.803. The van der Waals surface area contributed by atoms with Gasteiger partial charge in [0.25, 0.3) is 0 Å². The Bertz CT molecular complexity index is 138. The molecule has 1 N–H and O–H groups in total. The minimum absolute atomic E-state index is 0.136. The van der Waals surface area contributed by atoms with E-state index in [1.807, 2.05) is 13.8 Å². The Labute approximate surface area is 68.6 Å². The maximum Gasteiger partial charge on any atom is 0.158 e. The van der Waals surface area contributed by atoms with Crippen molar-refractivity contribution in [3.63, 3.8) is 0 Å². The molecule has 0 aliphatic rings. The fraction of sp³-hybridized carbons (Fsp3) is 0.889.